The third kappa shape index (κ3) is 3.97. The van der Waals surface area contributed by atoms with Crippen molar-refractivity contribution in [1.82, 2.24) is 0 Å². The topological polar surface area (TPSA) is 52.3 Å². The lowest BCUT2D eigenvalue weighted by Gasteiger charge is -2.40. The second-order valence-corrected chi connectivity index (χ2v) is 6.65. The number of esters is 1. The molecule has 2 fully saturated rings. The van der Waals surface area contributed by atoms with Gasteiger partial charge in [0.2, 0.25) is 0 Å². The van der Waals surface area contributed by atoms with Crippen LogP contribution < -0.4 is 5.73 Å². The zero-order chi connectivity index (χ0) is 14.4. The van der Waals surface area contributed by atoms with E-state index in [-0.39, 0.29) is 5.97 Å². The molecule has 0 radical (unpaired) electrons. The summed E-state index contributed by atoms with van der Waals surface area (Å²) in [4.78, 5) is 12.1. The van der Waals surface area contributed by atoms with E-state index in [1.54, 1.807) is 0 Å². The van der Waals surface area contributed by atoms with Crippen molar-refractivity contribution in [2.24, 2.45) is 23.5 Å². The Morgan fingerprint density at radius 1 is 1.00 bits per heavy atom. The normalized spacial score (nSPS) is 23.8. The standard InChI is InChI=1S/C17H31NO2/c1-2-20-17(19)16(18)15(13-9-5-3-6-10-13)14-11-7-4-8-12-14/h13-16H,2-12,18H2,1H3/t16-/m0/s1. The summed E-state index contributed by atoms with van der Waals surface area (Å²) >= 11 is 0. The van der Waals surface area contributed by atoms with Gasteiger partial charge in [0, 0.05) is 0 Å². The van der Waals surface area contributed by atoms with Gasteiger partial charge in [-0.25, -0.2) is 0 Å². The Labute approximate surface area is 123 Å². The maximum absolute atomic E-state index is 12.1. The van der Waals surface area contributed by atoms with Crippen LogP contribution in [0.1, 0.15) is 71.1 Å². The first kappa shape index (κ1) is 15.8. The number of carbonyl (C=O) groups is 1. The minimum absolute atomic E-state index is 0.173. The van der Waals surface area contributed by atoms with Crippen molar-refractivity contribution in [1.29, 1.82) is 0 Å². The maximum Gasteiger partial charge on any atom is 0.323 e. The molecule has 0 saturated heterocycles. The van der Waals surface area contributed by atoms with Crippen LogP contribution in [0.3, 0.4) is 0 Å². The molecular weight excluding hydrogens is 250 g/mol. The molecule has 0 bridgehead atoms. The van der Waals surface area contributed by atoms with Crippen LogP contribution in [0.15, 0.2) is 0 Å². The van der Waals surface area contributed by atoms with Gasteiger partial charge in [0.1, 0.15) is 6.04 Å². The van der Waals surface area contributed by atoms with Gasteiger partial charge in [-0.1, -0.05) is 64.2 Å². The summed E-state index contributed by atoms with van der Waals surface area (Å²) in [6, 6.07) is -0.402. The minimum Gasteiger partial charge on any atom is -0.465 e. The van der Waals surface area contributed by atoms with Gasteiger partial charge in [0.05, 0.1) is 6.61 Å². The molecule has 3 nitrogen and oxygen atoms in total. The van der Waals surface area contributed by atoms with Crippen LogP contribution in [0, 0.1) is 17.8 Å². The van der Waals surface area contributed by atoms with Gasteiger partial charge in [-0.15, -0.1) is 0 Å². The Bertz CT molecular complexity index is 275. The van der Waals surface area contributed by atoms with Crippen molar-refractivity contribution >= 4 is 5.97 Å². The van der Waals surface area contributed by atoms with Crippen molar-refractivity contribution < 1.29 is 9.53 Å². The highest BCUT2D eigenvalue weighted by Crippen LogP contribution is 2.41. The molecule has 3 heteroatoms. The Morgan fingerprint density at radius 2 is 1.45 bits per heavy atom. The highest BCUT2D eigenvalue weighted by atomic mass is 16.5. The van der Waals surface area contributed by atoms with Gasteiger partial charge in [-0.3, -0.25) is 4.79 Å². The van der Waals surface area contributed by atoms with Gasteiger partial charge in [-0.2, -0.15) is 0 Å². The molecule has 2 rings (SSSR count). The lowest BCUT2D eigenvalue weighted by Crippen LogP contribution is -2.47. The molecule has 0 spiro atoms. The Morgan fingerprint density at radius 3 is 1.85 bits per heavy atom. The molecule has 116 valence electrons. The third-order valence-corrected chi connectivity index (χ3v) is 5.36. The number of rotatable bonds is 5. The summed E-state index contributed by atoms with van der Waals surface area (Å²) in [6.07, 6.45) is 13.0. The van der Waals surface area contributed by atoms with E-state index in [1.807, 2.05) is 6.92 Å². The Balaban J connectivity index is 2.06. The second kappa shape index (κ2) is 8.02. The van der Waals surface area contributed by atoms with Crippen molar-refractivity contribution in [2.45, 2.75) is 77.2 Å². The summed E-state index contributed by atoms with van der Waals surface area (Å²) < 4.78 is 5.20. The quantitative estimate of drug-likeness (QED) is 0.783. The number of hydrogen-bond donors (Lipinski definition) is 1. The van der Waals surface area contributed by atoms with Gasteiger partial charge in [0.15, 0.2) is 0 Å². The fourth-order valence-electron chi connectivity index (χ4n) is 4.41. The van der Waals surface area contributed by atoms with Crippen LogP contribution in [0.4, 0.5) is 0 Å². The molecule has 1 atom stereocenters. The highest BCUT2D eigenvalue weighted by Gasteiger charge is 2.38. The SMILES string of the molecule is CCOC(=O)[C@@H](N)C(C1CCCCC1)C1CCCCC1. The number of carbonyl (C=O) groups excluding carboxylic acids is 1. The average Bonchev–Trinajstić information content (AvgIpc) is 2.50. The van der Waals surface area contributed by atoms with Gasteiger partial charge in [-0.05, 0) is 24.7 Å². The lowest BCUT2D eigenvalue weighted by molar-refractivity contribution is -0.147. The van der Waals surface area contributed by atoms with E-state index in [2.05, 4.69) is 0 Å². The molecule has 2 saturated carbocycles. The lowest BCUT2D eigenvalue weighted by atomic mass is 9.67. The Hall–Kier alpha value is -0.570. The predicted molar refractivity (Wildman–Crippen MR) is 81.2 cm³/mol. The first-order chi connectivity index (χ1) is 9.74. The predicted octanol–water partition coefficient (Wildman–Crippen LogP) is 3.65. The molecule has 0 unspecified atom stereocenters. The molecule has 0 aliphatic heterocycles. The summed E-state index contributed by atoms with van der Waals surface area (Å²) in [6.45, 7) is 2.30. The van der Waals surface area contributed by atoms with Crippen LogP contribution in [-0.2, 0) is 9.53 Å². The van der Waals surface area contributed by atoms with Crippen molar-refractivity contribution in [3.63, 3.8) is 0 Å². The van der Waals surface area contributed by atoms with Crippen molar-refractivity contribution in [3.05, 3.63) is 0 Å². The molecule has 0 amide bonds. The number of hydrogen-bond acceptors (Lipinski definition) is 3. The van der Waals surface area contributed by atoms with Crippen molar-refractivity contribution in [2.75, 3.05) is 6.61 Å². The third-order valence-electron chi connectivity index (χ3n) is 5.36. The van der Waals surface area contributed by atoms with Crippen LogP contribution in [-0.4, -0.2) is 18.6 Å². The molecule has 2 aliphatic carbocycles. The van der Waals surface area contributed by atoms with E-state index in [0.717, 1.165) is 0 Å². The average molecular weight is 281 g/mol. The Kier molecular flexibility index (Phi) is 6.34. The molecule has 0 aromatic heterocycles. The zero-order valence-electron chi connectivity index (χ0n) is 13.0. The summed E-state index contributed by atoms with van der Waals surface area (Å²) in [5.41, 5.74) is 6.33. The number of nitrogens with two attached hydrogens (primary N) is 1. The smallest absolute Gasteiger partial charge is 0.323 e. The van der Waals surface area contributed by atoms with E-state index in [1.165, 1.54) is 64.2 Å². The molecule has 2 N–H and O–H groups in total. The van der Waals surface area contributed by atoms with Gasteiger partial charge >= 0.3 is 5.97 Å². The zero-order valence-corrected chi connectivity index (χ0v) is 13.0. The second-order valence-electron chi connectivity index (χ2n) is 6.65. The van der Waals surface area contributed by atoms with E-state index in [0.29, 0.717) is 24.4 Å². The van der Waals surface area contributed by atoms with E-state index >= 15 is 0 Å². The largest absolute Gasteiger partial charge is 0.465 e. The molecule has 0 aromatic rings. The van der Waals surface area contributed by atoms with E-state index < -0.39 is 6.04 Å². The summed E-state index contributed by atoms with van der Waals surface area (Å²) in [7, 11) is 0. The van der Waals surface area contributed by atoms with Crippen LogP contribution in [0.25, 0.3) is 0 Å². The molecule has 0 aromatic carbocycles. The molecule has 2 aliphatic rings. The summed E-state index contributed by atoms with van der Waals surface area (Å²) in [5, 5.41) is 0. The first-order valence-electron chi connectivity index (χ1n) is 8.66. The van der Waals surface area contributed by atoms with Gasteiger partial charge < -0.3 is 10.5 Å². The molecular formula is C17H31NO2. The molecule has 0 heterocycles. The van der Waals surface area contributed by atoms with Crippen LogP contribution >= 0.6 is 0 Å². The number of ether oxygens (including phenoxy) is 1. The van der Waals surface area contributed by atoms with Crippen LogP contribution in [0.2, 0.25) is 0 Å². The monoisotopic (exact) mass is 281 g/mol. The fraction of sp³-hybridized carbons (Fsp3) is 0.941. The minimum atomic E-state index is -0.402. The van der Waals surface area contributed by atoms with E-state index in [4.69, 9.17) is 10.5 Å². The first-order valence-corrected chi connectivity index (χ1v) is 8.66. The van der Waals surface area contributed by atoms with Crippen molar-refractivity contribution in [3.8, 4) is 0 Å². The summed E-state index contributed by atoms with van der Waals surface area (Å²) in [5.74, 6) is 1.47. The van der Waals surface area contributed by atoms with Crippen LogP contribution in [0.5, 0.6) is 0 Å². The molecule has 20 heavy (non-hydrogen) atoms. The highest BCUT2D eigenvalue weighted by molar-refractivity contribution is 5.76. The maximum atomic E-state index is 12.1. The van der Waals surface area contributed by atoms with Gasteiger partial charge in [0.25, 0.3) is 0 Å². The van der Waals surface area contributed by atoms with E-state index in [9.17, 15) is 4.79 Å². The fourth-order valence-corrected chi connectivity index (χ4v) is 4.41.